The van der Waals surface area contributed by atoms with Crippen LogP contribution in [0.3, 0.4) is 0 Å². The molecule has 3 rings (SSSR count). The van der Waals surface area contributed by atoms with Gasteiger partial charge in [-0.1, -0.05) is 12.1 Å². The van der Waals surface area contributed by atoms with Crippen LogP contribution in [0.1, 0.15) is 41.6 Å². The van der Waals surface area contributed by atoms with E-state index in [2.05, 4.69) is 0 Å². The first-order valence-corrected chi connectivity index (χ1v) is 8.22. The number of aliphatic hydroxyl groups excluding tert-OH is 1. The molecule has 1 N–H and O–H groups in total. The van der Waals surface area contributed by atoms with E-state index >= 15 is 0 Å². The standard InChI is InChI=1S/C18H25NO4/c1-22-12-13-3-5-14(6-4-13)17(21)19-10-9-18(23-2)8-7-15(20)11-16(18)19/h3-6,15-16,20H,7-12H2,1-2H3/t15-,16-,18+/m0/s1. The molecule has 5 heteroatoms. The van der Waals surface area contributed by atoms with Gasteiger partial charge in [-0.15, -0.1) is 0 Å². The molecule has 1 aromatic rings. The van der Waals surface area contributed by atoms with Crippen molar-refractivity contribution in [2.75, 3.05) is 20.8 Å². The van der Waals surface area contributed by atoms with Crippen LogP contribution in [-0.2, 0) is 16.1 Å². The Kier molecular flexibility index (Phi) is 4.71. The summed E-state index contributed by atoms with van der Waals surface area (Å²) < 4.78 is 10.9. The molecule has 0 unspecified atom stereocenters. The van der Waals surface area contributed by atoms with Crippen molar-refractivity contribution < 1.29 is 19.4 Å². The molecule has 1 aliphatic heterocycles. The predicted molar refractivity (Wildman–Crippen MR) is 86.2 cm³/mol. The molecule has 1 aliphatic carbocycles. The maximum Gasteiger partial charge on any atom is 0.254 e. The molecule has 1 saturated carbocycles. The van der Waals surface area contributed by atoms with E-state index in [9.17, 15) is 9.90 Å². The summed E-state index contributed by atoms with van der Waals surface area (Å²) in [5.41, 5.74) is 1.44. The van der Waals surface area contributed by atoms with Crippen LogP contribution in [0.2, 0.25) is 0 Å². The number of carbonyl (C=O) groups is 1. The Morgan fingerprint density at radius 2 is 2.04 bits per heavy atom. The number of nitrogens with zero attached hydrogens (tertiary/aromatic N) is 1. The summed E-state index contributed by atoms with van der Waals surface area (Å²) in [6.45, 7) is 1.23. The first-order chi connectivity index (χ1) is 11.1. The number of methoxy groups -OCH3 is 2. The lowest BCUT2D eigenvalue weighted by molar-refractivity contribution is -0.0824. The van der Waals surface area contributed by atoms with Crippen LogP contribution in [-0.4, -0.2) is 54.4 Å². The number of hydrogen-bond donors (Lipinski definition) is 1. The van der Waals surface area contributed by atoms with Crippen molar-refractivity contribution in [1.29, 1.82) is 0 Å². The maximum atomic E-state index is 12.9. The molecule has 0 bridgehead atoms. The summed E-state index contributed by atoms with van der Waals surface area (Å²) in [6.07, 6.45) is 2.65. The summed E-state index contributed by atoms with van der Waals surface area (Å²) >= 11 is 0. The number of fused-ring (bicyclic) bond motifs is 1. The minimum Gasteiger partial charge on any atom is -0.393 e. The van der Waals surface area contributed by atoms with E-state index in [-0.39, 0.29) is 23.7 Å². The number of rotatable bonds is 4. The van der Waals surface area contributed by atoms with Gasteiger partial charge in [0.25, 0.3) is 5.91 Å². The third kappa shape index (κ3) is 3.01. The van der Waals surface area contributed by atoms with Crippen molar-refractivity contribution in [1.82, 2.24) is 4.90 Å². The van der Waals surface area contributed by atoms with Gasteiger partial charge in [-0.25, -0.2) is 0 Å². The highest BCUT2D eigenvalue weighted by molar-refractivity contribution is 5.94. The Hall–Kier alpha value is -1.43. The van der Waals surface area contributed by atoms with Crippen LogP contribution < -0.4 is 0 Å². The molecular weight excluding hydrogens is 294 g/mol. The Morgan fingerprint density at radius 3 is 2.70 bits per heavy atom. The Morgan fingerprint density at radius 1 is 1.30 bits per heavy atom. The highest BCUT2D eigenvalue weighted by Crippen LogP contribution is 2.42. The molecule has 1 aromatic carbocycles. The summed E-state index contributed by atoms with van der Waals surface area (Å²) in [5.74, 6) is 0.0204. The van der Waals surface area contributed by atoms with Crippen LogP contribution in [0.25, 0.3) is 0 Å². The topological polar surface area (TPSA) is 59.0 Å². The van der Waals surface area contributed by atoms with Gasteiger partial charge in [-0.2, -0.15) is 0 Å². The fourth-order valence-corrected chi connectivity index (χ4v) is 4.00. The SMILES string of the molecule is COCc1ccc(C(=O)N2CC[C@]3(OC)CC[C@H](O)C[C@H]23)cc1. The molecule has 2 fully saturated rings. The average molecular weight is 319 g/mol. The van der Waals surface area contributed by atoms with Gasteiger partial charge in [0.1, 0.15) is 0 Å². The van der Waals surface area contributed by atoms with Gasteiger partial charge in [-0.3, -0.25) is 4.79 Å². The predicted octanol–water partition coefficient (Wildman–Crippen LogP) is 1.98. The van der Waals surface area contributed by atoms with Crippen molar-refractivity contribution in [2.45, 2.75) is 50.0 Å². The fraction of sp³-hybridized carbons (Fsp3) is 0.611. The van der Waals surface area contributed by atoms with Crippen molar-refractivity contribution in [3.05, 3.63) is 35.4 Å². The number of carbonyl (C=O) groups excluding carboxylic acids is 1. The Bertz CT molecular complexity index is 559. The van der Waals surface area contributed by atoms with Gasteiger partial charge in [0, 0.05) is 26.3 Å². The fourth-order valence-electron chi connectivity index (χ4n) is 4.00. The molecule has 0 aromatic heterocycles. The Balaban J connectivity index is 1.79. The second-order valence-electron chi connectivity index (χ2n) is 6.59. The van der Waals surface area contributed by atoms with Crippen molar-refractivity contribution in [3.8, 4) is 0 Å². The summed E-state index contributed by atoms with van der Waals surface area (Å²) in [7, 11) is 3.38. The second-order valence-corrected chi connectivity index (χ2v) is 6.59. The molecular formula is C18H25NO4. The van der Waals surface area contributed by atoms with E-state index in [1.165, 1.54) is 0 Å². The highest BCUT2D eigenvalue weighted by atomic mass is 16.5. The van der Waals surface area contributed by atoms with Crippen LogP contribution in [0.5, 0.6) is 0 Å². The number of hydrogen-bond acceptors (Lipinski definition) is 4. The molecule has 0 spiro atoms. The van der Waals surface area contributed by atoms with E-state index in [1.807, 2.05) is 29.2 Å². The minimum atomic E-state index is -0.347. The lowest BCUT2D eigenvalue weighted by atomic mass is 9.79. The normalized spacial score (nSPS) is 30.3. The van der Waals surface area contributed by atoms with E-state index in [0.717, 1.165) is 24.8 Å². The van der Waals surface area contributed by atoms with Crippen LogP contribution >= 0.6 is 0 Å². The highest BCUT2D eigenvalue weighted by Gasteiger charge is 2.52. The molecule has 5 nitrogen and oxygen atoms in total. The molecule has 1 heterocycles. The average Bonchev–Trinajstić information content (AvgIpc) is 2.94. The van der Waals surface area contributed by atoms with Gasteiger partial charge in [0.15, 0.2) is 0 Å². The van der Waals surface area contributed by atoms with E-state index < -0.39 is 0 Å². The number of amides is 1. The molecule has 23 heavy (non-hydrogen) atoms. The largest absolute Gasteiger partial charge is 0.393 e. The zero-order valence-electron chi connectivity index (χ0n) is 13.8. The Labute approximate surface area is 137 Å². The summed E-state index contributed by atoms with van der Waals surface area (Å²) in [5, 5.41) is 10.0. The van der Waals surface area contributed by atoms with Gasteiger partial charge < -0.3 is 19.5 Å². The van der Waals surface area contributed by atoms with E-state index in [0.29, 0.717) is 25.1 Å². The molecule has 1 saturated heterocycles. The summed E-state index contributed by atoms with van der Waals surface area (Å²) in [4.78, 5) is 14.8. The van der Waals surface area contributed by atoms with E-state index in [1.54, 1.807) is 14.2 Å². The van der Waals surface area contributed by atoms with Crippen molar-refractivity contribution >= 4 is 5.91 Å². The smallest absolute Gasteiger partial charge is 0.254 e. The lowest BCUT2D eigenvalue weighted by Crippen LogP contribution is -2.52. The quantitative estimate of drug-likeness (QED) is 0.922. The first-order valence-electron chi connectivity index (χ1n) is 8.22. The van der Waals surface area contributed by atoms with Crippen LogP contribution in [0, 0.1) is 0 Å². The number of benzene rings is 1. The van der Waals surface area contributed by atoms with Crippen LogP contribution in [0.15, 0.2) is 24.3 Å². The third-order valence-electron chi connectivity index (χ3n) is 5.33. The minimum absolute atomic E-state index is 0.0204. The zero-order chi connectivity index (χ0) is 16.4. The molecule has 3 atom stereocenters. The third-order valence-corrected chi connectivity index (χ3v) is 5.33. The van der Waals surface area contributed by atoms with Crippen LogP contribution in [0.4, 0.5) is 0 Å². The summed E-state index contributed by atoms with van der Waals surface area (Å²) in [6, 6.07) is 7.51. The van der Waals surface area contributed by atoms with Gasteiger partial charge in [0.05, 0.1) is 24.4 Å². The molecule has 1 amide bonds. The van der Waals surface area contributed by atoms with Gasteiger partial charge in [-0.05, 0) is 43.4 Å². The molecule has 0 radical (unpaired) electrons. The number of aliphatic hydroxyl groups is 1. The maximum absolute atomic E-state index is 12.9. The van der Waals surface area contributed by atoms with Gasteiger partial charge >= 0.3 is 0 Å². The number of ether oxygens (including phenoxy) is 2. The lowest BCUT2D eigenvalue weighted by Gasteiger charge is -2.42. The van der Waals surface area contributed by atoms with E-state index in [4.69, 9.17) is 9.47 Å². The second kappa shape index (κ2) is 6.59. The monoisotopic (exact) mass is 319 g/mol. The zero-order valence-corrected chi connectivity index (χ0v) is 13.8. The molecule has 2 aliphatic rings. The molecule has 126 valence electrons. The number of likely N-dealkylation sites (tertiary alicyclic amines) is 1. The first kappa shape index (κ1) is 16.4. The van der Waals surface area contributed by atoms with Crippen molar-refractivity contribution in [3.63, 3.8) is 0 Å². The van der Waals surface area contributed by atoms with Crippen molar-refractivity contribution in [2.24, 2.45) is 0 Å². The van der Waals surface area contributed by atoms with Gasteiger partial charge in [0.2, 0.25) is 0 Å².